The van der Waals surface area contributed by atoms with E-state index in [9.17, 15) is 4.79 Å². The second-order valence-corrected chi connectivity index (χ2v) is 11.3. The highest BCUT2D eigenvalue weighted by atomic mass is 16.5. The van der Waals surface area contributed by atoms with Crippen LogP contribution in [0.4, 0.5) is 0 Å². The van der Waals surface area contributed by atoms with Crippen molar-refractivity contribution in [2.45, 2.75) is 85.7 Å². The Morgan fingerprint density at radius 1 is 0.958 bits per heavy atom. The van der Waals surface area contributed by atoms with Gasteiger partial charge in [0.15, 0.2) is 0 Å². The lowest BCUT2D eigenvalue weighted by atomic mass is 9.39. The Kier molecular flexibility index (Phi) is 2.77. The second kappa shape index (κ2) is 4.23. The highest BCUT2D eigenvalue weighted by Gasteiger charge is 2.78. The Labute approximate surface area is 147 Å². The number of carbonyl (C=O) groups is 1. The lowest BCUT2D eigenvalue weighted by Crippen LogP contribution is -2.60. The molecule has 6 saturated carbocycles. The van der Waals surface area contributed by atoms with Crippen molar-refractivity contribution in [3.63, 3.8) is 0 Å². The van der Waals surface area contributed by atoms with Crippen LogP contribution in [0.3, 0.4) is 0 Å². The van der Waals surface area contributed by atoms with E-state index in [1.807, 2.05) is 0 Å². The normalized spacial score (nSPS) is 59.3. The highest BCUT2D eigenvalue weighted by Crippen LogP contribution is 2.85. The molecule has 0 heterocycles. The van der Waals surface area contributed by atoms with Gasteiger partial charge in [0.2, 0.25) is 0 Å². The molecule has 0 unspecified atom stereocenters. The maximum Gasteiger partial charge on any atom is 0.302 e. The minimum atomic E-state index is -0.0998. The van der Waals surface area contributed by atoms with Crippen molar-refractivity contribution in [1.29, 1.82) is 0 Å². The molecule has 2 heteroatoms. The predicted octanol–water partition coefficient (Wildman–Crippen LogP) is 5.21. The van der Waals surface area contributed by atoms with E-state index in [4.69, 9.17) is 4.74 Å². The SMILES string of the molecule is CC(=O)O[C@@H]1CC[C@]2(C)[C@H](CC[C@]34C[C@@H]5[C@H](C[C@H]32)[C@]5(C)C4)C1(C)C. The Balaban J connectivity index is 1.48. The Morgan fingerprint density at radius 2 is 1.71 bits per heavy atom. The summed E-state index contributed by atoms with van der Waals surface area (Å²) in [5.41, 5.74) is 1.98. The monoisotopic (exact) mass is 330 g/mol. The molecular weight excluding hydrogens is 296 g/mol. The van der Waals surface area contributed by atoms with Gasteiger partial charge >= 0.3 is 5.97 Å². The van der Waals surface area contributed by atoms with Crippen LogP contribution < -0.4 is 0 Å². The van der Waals surface area contributed by atoms with Gasteiger partial charge in [-0.15, -0.1) is 0 Å². The first-order valence-electron chi connectivity index (χ1n) is 10.3. The molecule has 6 aliphatic carbocycles. The Bertz CT molecular complexity index is 609. The lowest BCUT2D eigenvalue weighted by molar-refractivity contribution is -0.203. The fourth-order valence-electron chi connectivity index (χ4n) is 9.23. The topological polar surface area (TPSA) is 26.3 Å². The fourth-order valence-corrected chi connectivity index (χ4v) is 9.23. The quantitative estimate of drug-likeness (QED) is 0.617. The fraction of sp³-hybridized carbons (Fsp3) is 0.955. The van der Waals surface area contributed by atoms with Gasteiger partial charge in [-0.05, 0) is 84.9 Å². The number of carbonyl (C=O) groups excluding carboxylic acids is 1. The van der Waals surface area contributed by atoms with Gasteiger partial charge in [0, 0.05) is 12.3 Å². The summed E-state index contributed by atoms with van der Waals surface area (Å²) >= 11 is 0. The van der Waals surface area contributed by atoms with E-state index in [1.54, 1.807) is 6.92 Å². The van der Waals surface area contributed by atoms with Gasteiger partial charge in [-0.1, -0.05) is 27.7 Å². The molecular formula is C22H34O2. The molecule has 6 fully saturated rings. The first-order chi connectivity index (χ1) is 11.1. The van der Waals surface area contributed by atoms with Gasteiger partial charge in [-0.2, -0.15) is 0 Å². The van der Waals surface area contributed by atoms with Crippen LogP contribution in [0.25, 0.3) is 0 Å². The number of hydrogen-bond acceptors (Lipinski definition) is 2. The zero-order valence-electron chi connectivity index (χ0n) is 16.2. The standard InChI is InChI=1S/C22H34O2/c1-13(23)24-18-7-8-20(4)16(19(18,2)3)6-9-22-11-15-14(10-17(20)22)21(15,5)12-22/h14-18H,6-12H2,1-5H3/t14-,15+,16+,17-,18+,20+,21-,22+/m0/s1. The van der Waals surface area contributed by atoms with Gasteiger partial charge in [0.1, 0.15) is 6.10 Å². The van der Waals surface area contributed by atoms with E-state index in [1.165, 1.54) is 38.5 Å². The van der Waals surface area contributed by atoms with E-state index in [2.05, 4.69) is 27.7 Å². The first-order valence-corrected chi connectivity index (χ1v) is 10.3. The maximum atomic E-state index is 11.6. The van der Waals surface area contributed by atoms with Crippen molar-refractivity contribution in [3.8, 4) is 0 Å². The molecule has 6 aliphatic rings. The van der Waals surface area contributed by atoms with Crippen molar-refractivity contribution < 1.29 is 9.53 Å². The van der Waals surface area contributed by atoms with Crippen molar-refractivity contribution in [1.82, 2.24) is 0 Å². The molecule has 0 radical (unpaired) electrons. The molecule has 6 rings (SSSR count). The second-order valence-electron chi connectivity index (χ2n) is 11.3. The van der Waals surface area contributed by atoms with Crippen LogP contribution >= 0.6 is 0 Å². The van der Waals surface area contributed by atoms with Gasteiger partial charge in [-0.3, -0.25) is 4.79 Å². The van der Waals surface area contributed by atoms with Crippen molar-refractivity contribution >= 4 is 5.97 Å². The van der Waals surface area contributed by atoms with Crippen molar-refractivity contribution in [3.05, 3.63) is 0 Å². The zero-order chi connectivity index (χ0) is 17.1. The summed E-state index contributed by atoms with van der Waals surface area (Å²) in [4.78, 5) is 11.6. The summed E-state index contributed by atoms with van der Waals surface area (Å²) in [5, 5.41) is 0. The van der Waals surface area contributed by atoms with Crippen LogP contribution in [0.1, 0.15) is 79.6 Å². The summed E-state index contributed by atoms with van der Waals surface area (Å²) in [6.07, 6.45) is 9.80. The summed E-state index contributed by atoms with van der Waals surface area (Å²) < 4.78 is 5.78. The minimum absolute atomic E-state index is 0.0998. The smallest absolute Gasteiger partial charge is 0.302 e. The molecule has 0 saturated heterocycles. The molecule has 0 aromatic heterocycles. The van der Waals surface area contributed by atoms with E-state index >= 15 is 0 Å². The van der Waals surface area contributed by atoms with E-state index < -0.39 is 0 Å². The number of fused-ring (bicyclic) bond motifs is 1. The van der Waals surface area contributed by atoms with E-state index in [-0.39, 0.29) is 17.5 Å². The van der Waals surface area contributed by atoms with Gasteiger partial charge in [0.05, 0.1) is 0 Å². The van der Waals surface area contributed by atoms with Crippen LogP contribution in [0.15, 0.2) is 0 Å². The number of esters is 1. The molecule has 0 aliphatic heterocycles. The summed E-state index contributed by atoms with van der Waals surface area (Å²) in [6, 6.07) is 0. The van der Waals surface area contributed by atoms with Crippen molar-refractivity contribution in [2.75, 3.05) is 0 Å². The maximum absolute atomic E-state index is 11.6. The third-order valence-corrected chi connectivity index (χ3v) is 10.2. The third kappa shape index (κ3) is 1.62. The van der Waals surface area contributed by atoms with Crippen LogP contribution in [0.5, 0.6) is 0 Å². The molecule has 134 valence electrons. The largest absolute Gasteiger partial charge is 0.462 e. The molecule has 8 atom stereocenters. The number of ether oxygens (including phenoxy) is 1. The number of rotatable bonds is 1. The minimum Gasteiger partial charge on any atom is -0.462 e. The van der Waals surface area contributed by atoms with E-state index in [0.29, 0.717) is 16.7 Å². The van der Waals surface area contributed by atoms with Gasteiger partial charge < -0.3 is 4.74 Å². The summed E-state index contributed by atoms with van der Waals surface area (Å²) in [7, 11) is 0. The lowest BCUT2D eigenvalue weighted by Gasteiger charge is -2.66. The van der Waals surface area contributed by atoms with Crippen molar-refractivity contribution in [2.24, 2.45) is 45.3 Å². The molecule has 1 spiro atoms. The summed E-state index contributed by atoms with van der Waals surface area (Å²) in [5.74, 6) is 3.64. The van der Waals surface area contributed by atoms with E-state index in [0.717, 1.165) is 29.6 Å². The predicted molar refractivity (Wildman–Crippen MR) is 94.3 cm³/mol. The van der Waals surface area contributed by atoms with Crippen LogP contribution in [0, 0.1) is 45.3 Å². The first kappa shape index (κ1) is 15.7. The average Bonchev–Trinajstić information content (AvgIpc) is 2.93. The summed E-state index contributed by atoms with van der Waals surface area (Å²) in [6.45, 7) is 11.5. The molecule has 2 nitrogen and oxygen atoms in total. The third-order valence-electron chi connectivity index (χ3n) is 10.2. The number of hydrogen-bond donors (Lipinski definition) is 0. The zero-order valence-corrected chi connectivity index (χ0v) is 16.2. The van der Waals surface area contributed by atoms with Crippen LogP contribution in [0.2, 0.25) is 0 Å². The van der Waals surface area contributed by atoms with Crippen LogP contribution in [-0.2, 0) is 9.53 Å². The molecule has 0 N–H and O–H groups in total. The van der Waals surface area contributed by atoms with Gasteiger partial charge in [0.25, 0.3) is 0 Å². The molecule has 0 aromatic carbocycles. The Morgan fingerprint density at radius 3 is 2.33 bits per heavy atom. The highest BCUT2D eigenvalue weighted by molar-refractivity contribution is 5.66. The Hall–Kier alpha value is -0.530. The molecule has 0 aromatic rings. The molecule has 24 heavy (non-hydrogen) atoms. The average molecular weight is 331 g/mol. The van der Waals surface area contributed by atoms with Crippen LogP contribution in [-0.4, -0.2) is 12.1 Å². The van der Waals surface area contributed by atoms with Gasteiger partial charge in [-0.25, -0.2) is 0 Å². The molecule has 0 amide bonds. The molecule has 4 bridgehead atoms.